The third-order valence-corrected chi connectivity index (χ3v) is 10.7. The minimum Gasteiger partial charge on any atom is -0.506 e. The molecule has 0 radical (unpaired) electrons. The monoisotopic (exact) mass is 630 g/mol. The van der Waals surface area contributed by atoms with Crippen molar-refractivity contribution >= 4 is 17.8 Å². The zero-order valence-electron chi connectivity index (χ0n) is 28.1. The molecular weight excluding hydrogens is 584 g/mol. The second-order valence-corrected chi connectivity index (χ2v) is 15.0. The lowest BCUT2D eigenvalue weighted by Crippen LogP contribution is -2.73. The fourth-order valence-electron chi connectivity index (χ4n) is 8.41. The fraction of sp³-hybridized carbons (Fsp3) is 0.526. The number of ketones is 1. The molecule has 1 saturated heterocycles. The summed E-state index contributed by atoms with van der Waals surface area (Å²) in [7, 11) is 0. The molecule has 2 fully saturated rings. The maximum Gasteiger partial charge on any atom is 0.330 e. The molecule has 1 aromatic carbocycles. The van der Waals surface area contributed by atoms with Gasteiger partial charge in [0, 0.05) is 35.0 Å². The Kier molecular flexibility index (Phi) is 7.52. The number of hydrogen-bond acceptors (Lipinski definition) is 7. The summed E-state index contributed by atoms with van der Waals surface area (Å²) < 4.78 is 20.8. The van der Waals surface area contributed by atoms with Crippen LogP contribution >= 0.6 is 0 Å². The van der Waals surface area contributed by atoms with E-state index in [1.54, 1.807) is 12.2 Å². The predicted molar refractivity (Wildman–Crippen MR) is 175 cm³/mol. The van der Waals surface area contributed by atoms with Gasteiger partial charge < -0.3 is 29.5 Å². The van der Waals surface area contributed by atoms with E-state index in [0.29, 0.717) is 41.7 Å². The summed E-state index contributed by atoms with van der Waals surface area (Å²) in [5.74, 6) is -1.64. The van der Waals surface area contributed by atoms with Gasteiger partial charge in [-0.15, -0.1) is 0 Å². The van der Waals surface area contributed by atoms with Crippen molar-refractivity contribution in [3.8, 4) is 17.2 Å². The summed E-state index contributed by atoms with van der Waals surface area (Å²) in [6, 6.07) is 0. The van der Waals surface area contributed by atoms with Crippen molar-refractivity contribution in [1.29, 1.82) is 0 Å². The third-order valence-electron chi connectivity index (χ3n) is 10.7. The Morgan fingerprint density at radius 3 is 2.37 bits per heavy atom. The number of Topliss-reactive ketones (excluding diaryl/α,β-unsaturated/α-hetero) is 1. The van der Waals surface area contributed by atoms with E-state index in [0.717, 1.165) is 12.0 Å². The van der Waals surface area contributed by atoms with Crippen molar-refractivity contribution in [2.75, 3.05) is 0 Å². The minimum atomic E-state index is -1.43. The summed E-state index contributed by atoms with van der Waals surface area (Å²) in [5, 5.41) is 33.4. The SMILES string of the molecule is CC(C)=CCC[C@]1(C)C=Cc2c(O)c3c(c(CC=C(C)C)c2O1)OC12C(=CC4CC1C(C)(C)OC2(C/C=C(/C)C(=O)O)C4O)C3=O. The first-order valence-electron chi connectivity index (χ1n) is 16.3. The quantitative estimate of drug-likeness (QED) is 0.207. The van der Waals surface area contributed by atoms with Crippen molar-refractivity contribution < 1.29 is 39.1 Å². The van der Waals surface area contributed by atoms with E-state index in [9.17, 15) is 24.9 Å². The number of rotatable bonds is 8. The summed E-state index contributed by atoms with van der Waals surface area (Å²) in [6.45, 7) is 15.5. The Morgan fingerprint density at radius 2 is 1.72 bits per heavy atom. The van der Waals surface area contributed by atoms with Gasteiger partial charge in [0.2, 0.25) is 0 Å². The van der Waals surface area contributed by atoms with E-state index < -0.39 is 40.4 Å². The zero-order valence-corrected chi connectivity index (χ0v) is 28.1. The molecule has 3 aliphatic heterocycles. The van der Waals surface area contributed by atoms with Gasteiger partial charge >= 0.3 is 5.97 Å². The average Bonchev–Trinajstić information content (AvgIpc) is 3.12. The Balaban J connectivity index is 1.58. The number of benzene rings is 1. The van der Waals surface area contributed by atoms with Crippen LogP contribution < -0.4 is 9.47 Å². The highest BCUT2D eigenvalue weighted by molar-refractivity contribution is 6.16. The third kappa shape index (κ3) is 4.54. The van der Waals surface area contributed by atoms with E-state index >= 15 is 0 Å². The first kappa shape index (κ1) is 32.3. The number of allylic oxidation sites excluding steroid dienone is 4. The summed E-state index contributed by atoms with van der Waals surface area (Å²) >= 11 is 0. The molecule has 0 amide bonds. The first-order valence-corrected chi connectivity index (χ1v) is 16.3. The van der Waals surface area contributed by atoms with E-state index in [1.165, 1.54) is 12.5 Å². The molecule has 6 aliphatic rings. The largest absolute Gasteiger partial charge is 0.506 e. The van der Waals surface area contributed by atoms with Gasteiger partial charge in [-0.05, 0) is 93.2 Å². The van der Waals surface area contributed by atoms with Crippen molar-refractivity contribution in [1.82, 2.24) is 0 Å². The molecule has 246 valence electrons. The minimum absolute atomic E-state index is 0.0323. The number of aliphatic carboxylic acids is 1. The van der Waals surface area contributed by atoms with Gasteiger partial charge in [0.15, 0.2) is 11.4 Å². The highest BCUT2D eigenvalue weighted by Crippen LogP contribution is 2.69. The number of aliphatic hydroxyl groups is 1. The fourth-order valence-corrected chi connectivity index (χ4v) is 8.41. The van der Waals surface area contributed by atoms with Crippen LogP contribution in [0, 0.1) is 11.8 Å². The number of carboxylic acid groups (broad SMARTS) is 1. The number of phenolic OH excluding ortho intramolecular Hbond substituents is 1. The second-order valence-electron chi connectivity index (χ2n) is 15.0. The normalized spacial score (nSPS) is 32.8. The van der Waals surface area contributed by atoms with E-state index in [-0.39, 0.29) is 40.8 Å². The molecule has 3 N–H and O–H groups in total. The molecule has 8 heteroatoms. The van der Waals surface area contributed by atoms with Crippen LogP contribution in [0.4, 0.5) is 0 Å². The van der Waals surface area contributed by atoms with E-state index in [1.807, 2.05) is 52.8 Å². The topological polar surface area (TPSA) is 123 Å². The molecule has 8 nitrogen and oxygen atoms in total. The molecule has 7 rings (SSSR count). The first-order chi connectivity index (χ1) is 21.5. The lowest BCUT2D eigenvalue weighted by Gasteiger charge is -2.59. The number of phenols is 1. The van der Waals surface area contributed by atoms with E-state index in [2.05, 4.69) is 19.9 Å². The van der Waals surface area contributed by atoms with Gasteiger partial charge in [-0.1, -0.05) is 35.5 Å². The van der Waals surface area contributed by atoms with Crippen LogP contribution in [0.15, 0.2) is 52.7 Å². The number of carbonyl (C=O) groups excluding carboxylic acids is 1. The molecule has 1 aromatic rings. The van der Waals surface area contributed by atoms with Crippen molar-refractivity contribution in [3.05, 3.63) is 69.4 Å². The molecule has 0 aromatic heterocycles. The molecule has 5 unspecified atom stereocenters. The van der Waals surface area contributed by atoms with Crippen molar-refractivity contribution in [3.63, 3.8) is 0 Å². The number of aliphatic hydroxyl groups excluding tert-OH is 1. The summed E-state index contributed by atoms with van der Waals surface area (Å²) in [4.78, 5) is 26.6. The highest BCUT2D eigenvalue weighted by Gasteiger charge is 2.80. The number of hydrogen-bond donors (Lipinski definition) is 3. The number of ether oxygens (including phenoxy) is 3. The van der Waals surface area contributed by atoms with Crippen LogP contribution in [0.5, 0.6) is 17.2 Å². The molecule has 1 spiro atoms. The predicted octanol–water partition coefficient (Wildman–Crippen LogP) is 7.03. The molecule has 3 heterocycles. The van der Waals surface area contributed by atoms with Gasteiger partial charge in [-0.2, -0.15) is 0 Å². The zero-order chi connectivity index (χ0) is 33.6. The second kappa shape index (κ2) is 10.7. The van der Waals surface area contributed by atoms with Crippen LogP contribution in [0.2, 0.25) is 0 Å². The van der Waals surface area contributed by atoms with Gasteiger partial charge in [0.1, 0.15) is 34.0 Å². The Hall–Kier alpha value is -3.62. The van der Waals surface area contributed by atoms with Crippen LogP contribution in [0.25, 0.3) is 6.08 Å². The van der Waals surface area contributed by atoms with Gasteiger partial charge in [0.25, 0.3) is 0 Å². The molecule has 4 bridgehead atoms. The maximum atomic E-state index is 14.7. The van der Waals surface area contributed by atoms with Crippen LogP contribution in [0.1, 0.15) is 103 Å². The lowest BCUT2D eigenvalue weighted by atomic mass is 9.50. The van der Waals surface area contributed by atoms with Gasteiger partial charge in [-0.3, -0.25) is 4.79 Å². The summed E-state index contributed by atoms with van der Waals surface area (Å²) in [5.41, 5.74) is -0.383. The van der Waals surface area contributed by atoms with E-state index in [4.69, 9.17) is 14.2 Å². The van der Waals surface area contributed by atoms with Crippen molar-refractivity contribution in [2.24, 2.45) is 11.8 Å². The molecular formula is C38H46O8. The number of fused-ring (bicyclic) bond motifs is 2. The number of carbonyl (C=O) groups is 2. The van der Waals surface area contributed by atoms with Gasteiger partial charge in [-0.25, -0.2) is 4.79 Å². The van der Waals surface area contributed by atoms with Crippen LogP contribution in [-0.2, 0) is 16.0 Å². The molecule has 6 atom stereocenters. The highest BCUT2D eigenvalue weighted by atomic mass is 16.6. The Bertz CT molecular complexity index is 1680. The molecule has 1 saturated carbocycles. The number of aromatic hydroxyl groups is 1. The number of carboxylic acids is 1. The smallest absolute Gasteiger partial charge is 0.330 e. The molecule has 46 heavy (non-hydrogen) atoms. The van der Waals surface area contributed by atoms with Gasteiger partial charge in [0.05, 0.1) is 17.3 Å². The maximum absolute atomic E-state index is 14.7. The van der Waals surface area contributed by atoms with Crippen LogP contribution in [-0.4, -0.2) is 55.6 Å². The van der Waals surface area contributed by atoms with Crippen molar-refractivity contribution in [2.45, 2.75) is 116 Å². The lowest BCUT2D eigenvalue weighted by molar-refractivity contribution is -0.204. The Morgan fingerprint density at radius 1 is 1.02 bits per heavy atom. The summed E-state index contributed by atoms with van der Waals surface area (Å²) in [6.07, 6.45) is 12.8. The standard InChI is InChI=1S/C38H46O8/c1-20(2)10-9-15-36(8)16-14-24-29(39)28-30(40)26-18-23-19-27-35(6,7)46-37(33(23)41,17-13-22(5)34(42)43)38(26,27)45-32(28)25(31(24)44-36)12-11-21(3)4/h10-11,13-14,16,18,23,27,33,39,41H,9,12,15,17,19H2,1-8H3,(H,42,43)/b22-13-/t23?,27?,33?,36-,37?,38?/m1/s1. The molecule has 3 aliphatic carbocycles. The van der Waals surface area contributed by atoms with Crippen LogP contribution in [0.3, 0.4) is 0 Å². The Labute approximate surface area is 271 Å². The average molecular weight is 631 g/mol.